The molecule has 102 valence electrons. The van der Waals surface area contributed by atoms with Crippen molar-refractivity contribution >= 4 is 0 Å². The fraction of sp³-hybridized carbons (Fsp3) is 0.500. The maximum Gasteiger partial charge on any atom is 0.125 e. The van der Waals surface area contributed by atoms with Gasteiger partial charge in [-0.2, -0.15) is 0 Å². The van der Waals surface area contributed by atoms with E-state index in [-0.39, 0.29) is 0 Å². The Morgan fingerprint density at radius 2 is 2.05 bits per heavy atom. The van der Waals surface area contributed by atoms with Gasteiger partial charge in [0.25, 0.3) is 0 Å². The average Bonchev–Trinajstić information content (AvgIpc) is 2.82. The zero-order valence-electron chi connectivity index (χ0n) is 11.1. The lowest BCUT2D eigenvalue weighted by Crippen LogP contribution is -2.20. The van der Waals surface area contributed by atoms with E-state index in [4.69, 9.17) is 10.8 Å². The van der Waals surface area contributed by atoms with Crippen molar-refractivity contribution in [1.82, 2.24) is 0 Å². The fourth-order valence-electron chi connectivity index (χ4n) is 2.39. The predicted molar refractivity (Wildman–Crippen MR) is 75.3 cm³/mol. The van der Waals surface area contributed by atoms with Crippen molar-refractivity contribution in [2.75, 3.05) is 0 Å². The second kappa shape index (κ2) is 6.21. The van der Waals surface area contributed by atoms with Gasteiger partial charge in [0.1, 0.15) is 11.8 Å². The van der Waals surface area contributed by atoms with Gasteiger partial charge >= 0.3 is 0 Å². The summed E-state index contributed by atoms with van der Waals surface area (Å²) < 4.78 is 0. The Bertz CT molecular complexity index is 479. The molecule has 1 aromatic carbocycles. The van der Waals surface area contributed by atoms with Crippen LogP contribution in [0.5, 0.6) is 0 Å². The van der Waals surface area contributed by atoms with Crippen LogP contribution in [0.2, 0.25) is 0 Å². The number of aryl methyl sites for hydroxylation is 1. The van der Waals surface area contributed by atoms with Gasteiger partial charge < -0.3 is 15.9 Å². The maximum atomic E-state index is 10.2. The van der Waals surface area contributed by atoms with E-state index in [1.54, 1.807) is 0 Å². The predicted octanol–water partition coefficient (Wildman–Crippen LogP) is 1.55. The van der Waals surface area contributed by atoms with Crippen LogP contribution in [0, 0.1) is 11.8 Å². The molecule has 0 saturated heterocycles. The molecule has 0 heterocycles. The molecule has 0 amide bonds. The number of benzene rings is 1. The molecule has 1 fully saturated rings. The van der Waals surface area contributed by atoms with Gasteiger partial charge in [-0.15, -0.1) is 0 Å². The van der Waals surface area contributed by atoms with Crippen molar-refractivity contribution in [3.63, 3.8) is 0 Å². The zero-order chi connectivity index (χ0) is 13.7. The van der Waals surface area contributed by atoms with Crippen molar-refractivity contribution in [2.45, 2.75) is 50.4 Å². The first-order chi connectivity index (χ1) is 9.07. The van der Waals surface area contributed by atoms with Crippen molar-refractivity contribution in [3.8, 4) is 11.8 Å². The van der Waals surface area contributed by atoms with Gasteiger partial charge in [-0.1, -0.05) is 24.0 Å². The Morgan fingerprint density at radius 1 is 1.32 bits per heavy atom. The van der Waals surface area contributed by atoms with Crippen LogP contribution in [-0.4, -0.2) is 22.0 Å². The summed E-state index contributed by atoms with van der Waals surface area (Å²) >= 11 is 0. The molecule has 1 aliphatic rings. The average molecular weight is 259 g/mol. The topological polar surface area (TPSA) is 66.5 Å². The molecule has 19 heavy (non-hydrogen) atoms. The Kier molecular flexibility index (Phi) is 4.60. The Hall–Kier alpha value is -1.34. The highest BCUT2D eigenvalue weighted by Gasteiger charge is 2.28. The van der Waals surface area contributed by atoms with Crippen LogP contribution in [0.25, 0.3) is 0 Å². The van der Waals surface area contributed by atoms with E-state index in [1.165, 1.54) is 0 Å². The molecule has 0 spiro atoms. The Morgan fingerprint density at radius 3 is 2.74 bits per heavy atom. The first-order valence-corrected chi connectivity index (χ1v) is 6.86. The lowest BCUT2D eigenvalue weighted by molar-refractivity contribution is 0.110. The van der Waals surface area contributed by atoms with Crippen molar-refractivity contribution < 1.29 is 10.2 Å². The van der Waals surface area contributed by atoms with Gasteiger partial charge in [0, 0.05) is 5.56 Å². The molecule has 0 radical (unpaired) electrons. The number of aliphatic hydroxyl groups excluding tert-OH is 1. The van der Waals surface area contributed by atoms with E-state index in [0.29, 0.717) is 6.42 Å². The van der Waals surface area contributed by atoms with Gasteiger partial charge in [-0.3, -0.25) is 0 Å². The molecule has 0 bridgehead atoms. The van der Waals surface area contributed by atoms with E-state index >= 15 is 0 Å². The van der Waals surface area contributed by atoms with Crippen molar-refractivity contribution in [2.24, 2.45) is 5.73 Å². The number of nitrogens with two attached hydrogens (primary N) is 1. The van der Waals surface area contributed by atoms with Crippen LogP contribution in [0.4, 0.5) is 0 Å². The van der Waals surface area contributed by atoms with Crippen LogP contribution in [0.15, 0.2) is 24.3 Å². The van der Waals surface area contributed by atoms with Crippen molar-refractivity contribution in [3.05, 3.63) is 35.4 Å². The summed E-state index contributed by atoms with van der Waals surface area (Å²) in [5, 5.41) is 19.3. The first-order valence-electron chi connectivity index (χ1n) is 6.86. The molecule has 0 aliphatic heterocycles. The largest absolute Gasteiger partial charge is 0.379 e. The summed E-state index contributed by atoms with van der Waals surface area (Å²) in [6.07, 6.45) is 4.17. The third-order valence-electron chi connectivity index (χ3n) is 3.53. The molecule has 4 N–H and O–H groups in total. The highest BCUT2D eigenvalue weighted by molar-refractivity contribution is 5.39. The summed E-state index contributed by atoms with van der Waals surface area (Å²) in [6.45, 7) is 0. The van der Waals surface area contributed by atoms with Gasteiger partial charge in [0.2, 0.25) is 0 Å². The second-order valence-corrected chi connectivity index (χ2v) is 5.30. The van der Waals surface area contributed by atoms with E-state index < -0.39 is 11.8 Å². The summed E-state index contributed by atoms with van der Waals surface area (Å²) in [7, 11) is 0. The smallest absolute Gasteiger partial charge is 0.125 e. The Labute approximate surface area is 114 Å². The summed E-state index contributed by atoms with van der Waals surface area (Å²) in [5.74, 6) is 6.06. The summed E-state index contributed by atoms with van der Waals surface area (Å²) in [6, 6.07) is 7.88. The quantitative estimate of drug-likeness (QED) is 0.570. The van der Waals surface area contributed by atoms with Crippen molar-refractivity contribution in [1.29, 1.82) is 0 Å². The molecule has 1 aliphatic carbocycles. The molecular weight excluding hydrogens is 238 g/mol. The molecular formula is C16H21NO2. The van der Waals surface area contributed by atoms with Crippen LogP contribution < -0.4 is 5.73 Å². The molecule has 3 nitrogen and oxygen atoms in total. The minimum atomic E-state index is -0.788. The summed E-state index contributed by atoms with van der Waals surface area (Å²) in [5.41, 5.74) is 6.56. The normalized spacial score (nSPS) is 18.7. The van der Waals surface area contributed by atoms with Gasteiger partial charge in [0.05, 0.1) is 0 Å². The van der Waals surface area contributed by atoms with Gasteiger partial charge in [0.15, 0.2) is 0 Å². The highest BCUT2D eigenvalue weighted by Crippen LogP contribution is 2.28. The third kappa shape index (κ3) is 4.36. The Balaban J connectivity index is 2.04. The monoisotopic (exact) mass is 259 g/mol. The van der Waals surface area contributed by atoms with E-state index in [0.717, 1.165) is 43.2 Å². The molecule has 1 aromatic rings. The number of rotatable bonds is 3. The lowest BCUT2D eigenvalue weighted by atomic mass is 10.0. The van der Waals surface area contributed by atoms with Crippen LogP contribution in [-0.2, 0) is 6.42 Å². The molecule has 0 aromatic heterocycles. The van der Waals surface area contributed by atoms with Crippen LogP contribution in [0.3, 0.4) is 0 Å². The molecule has 1 atom stereocenters. The molecule has 1 unspecified atom stereocenters. The number of aliphatic hydroxyl groups is 2. The lowest BCUT2D eigenvalue weighted by Gasteiger charge is -2.12. The number of hydrogen-bond acceptors (Lipinski definition) is 3. The SMILES string of the molecule is NC(O)CCc1cccc(C#CC2(O)CCCC2)c1. The molecule has 2 rings (SSSR count). The van der Waals surface area contributed by atoms with Crippen LogP contribution >= 0.6 is 0 Å². The minimum Gasteiger partial charge on any atom is -0.379 e. The summed E-state index contributed by atoms with van der Waals surface area (Å²) in [4.78, 5) is 0. The van der Waals surface area contributed by atoms with Gasteiger partial charge in [-0.25, -0.2) is 0 Å². The van der Waals surface area contributed by atoms with Crippen LogP contribution in [0.1, 0.15) is 43.2 Å². The number of hydrogen-bond donors (Lipinski definition) is 3. The maximum absolute atomic E-state index is 10.2. The third-order valence-corrected chi connectivity index (χ3v) is 3.53. The van der Waals surface area contributed by atoms with Gasteiger partial charge in [-0.05, 0) is 56.2 Å². The molecule has 1 saturated carbocycles. The molecule has 3 heteroatoms. The fourth-order valence-corrected chi connectivity index (χ4v) is 2.39. The zero-order valence-corrected chi connectivity index (χ0v) is 11.1. The highest BCUT2D eigenvalue weighted by atomic mass is 16.3. The van der Waals surface area contributed by atoms with E-state index in [1.807, 2.05) is 24.3 Å². The second-order valence-electron chi connectivity index (χ2n) is 5.30. The minimum absolute atomic E-state index is 0.542. The standard InChI is InChI=1S/C16H21NO2/c17-15(18)7-6-13-4-3-5-14(12-13)8-11-16(19)9-1-2-10-16/h3-5,12,15,18-19H,1-2,6-7,9-10,17H2. The first kappa shape index (κ1) is 14.1. The van der Waals surface area contributed by atoms with E-state index in [2.05, 4.69) is 11.8 Å². The van der Waals surface area contributed by atoms with E-state index in [9.17, 15) is 5.11 Å².